The van der Waals surface area contributed by atoms with Crippen molar-refractivity contribution in [2.75, 3.05) is 0 Å². The summed E-state index contributed by atoms with van der Waals surface area (Å²) in [5.74, 6) is -1.45. The highest BCUT2D eigenvalue weighted by molar-refractivity contribution is 7.13. The van der Waals surface area contributed by atoms with Gasteiger partial charge in [-0.05, 0) is 6.07 Å². The van der Waals surface area contributed by atoms with Gasteiger partial charge in [0.1, 0.15) is 5.01 Å². The molecular weight excluding hydrogens is 297 g/mol. The van der Waals surface area contributed by atoms with Gasteiger partial charge in [-0.25, -0.2) is 23.5 Å². The molecule has 0 radical (unpaired) electrons. The van der Waals surface area contributed by atoms with E-state index in [1.165, 1.54) is 23.7 Å². The lowest BCUT2D eigenvalue weighted by atomic mass is 10.3. The van der Waals surface area contributed by atoms with Gasteiger partial charge in [-0.1, -0.05) is 0 Å². The molecule has 5 nitrogen and oxygen atoms in total. The Balaban J connectivity index is 2.13. The van der Waals surface area contributed by atoms with E-state index in [0.29, 0.717) is 10.6 Å². The van der Waals surface area contributed by atoms with Crippen molar-refractivity contribution in [2.24, 2.45) is 0 Å². The first-order valence-electron chi connectivity index (χ1n) is 5.21. The quantitative estimate of drug-likeness (QED) is 0.919. The van der Waals surface area contributed by atoms with Gasteiger partial charge in [0.2, 0.25) is 5.88 Å². The Morgan fingerprint density at radius 1 is 1.35 bits per heavy atom. The van der Waals surface area contributed by atoms with Gasteiger partial charge >= 0.3 is 12.4 Å². The van der Waals surface area contributed by atoms with Crippen LogP contribution in [0.2, 0.25) is 0 Å². The van der Waals surface area contributed by atoms with E-state index in [1.54, 1.807) is 0 Å². The molecule has 0 aromatic carbocycles. The van der Waals surface area contributed by atoms with E-state index < -0.39 is 18.8 Å². The molecule has 9 heteroatoms. The van der Waals surface area contributed by atoms with E-state index in [4.69, 9.17) is 5.11 Å². The molecule has 2 rings (SSSR count). The third-order valence-electron chi connectivity index (χ3n) is 2.14. The largest absolute Gasteiger partial charge is 0.476 e. The van der Waals surface area contributed by atoms with Crippen LogP contribution in [0.4, 0.5) is 13.2 Å². The highest BCUT2D eigenvalue weighted by Gasteiger charge is 2.21. The van der Waals surface area contributed by atoms with Crippen LogP contribution in [0.15, 0.2) is 23.7 Å². The third kappa shape index (κ3) is 3.23. The van der Waals surface area contributed by atoms with E-state index in [1.807, 2.05) is 0 Å². The summed E-state index contributed by atoms with van der Waals surface area (Å²) in [6, 6.07) is 2.62. The molecule has 0 saturated carbocycles. The molecule has 0 fully saturated rings. The number of carbonyl (C=O) groups is 1. The van der Waals surface area contributed by atoms with Crippen LogP contribution in [0.1, 0.15) is 10.5 Å². The normalized spacial score (nSPS) is 12.4. The number of ether oxygens (including phenoxy) is 1. The second kappa shape index (κ2) is 5.87. The lowest BCUT2D eigenvalue weighted by molar-refractivity contribution is -0.0690. The van der Waals surface area contributed by atoms with Crippen LogP contribution in [0.25, 0.3) is 10.6 Å². The molecule has 20 heavy (non-hydrogen) atoms. The summed E-state index contributed by atoms with van der Waals surface area (Å²) in [5.41, 5.74) is 0.370. The topological polar surface area (TPSA) is 72.3 Å². The molecule has 1 unspecified atom stereocenters. The van der Waals surface area contributed by atoms with Crippen molar-refractivity contribution in [3.63, 3.8) is 0 Å². The van der Waals surface area contributed by atoms with Gasteiger partial charge in [0.25, 0.3) is 6.36 Å². The number of carboxylic acid groups (broad SMARTS) is 1. The van der Waals surface area contributed by atoms with Crippen molar-refractivity contribution in [3.05, 3.63) is 29.4 Å². The Kier molecular flexibility index (Phi) is 4.18. The number of pyridine rings is 1. The molecule has 2 heterocycles. The number of carboxylic acids is 1. The highest BCUT2D eigenvalue weighted by Crippen LogP contribution is 2.25. The SMILES string of the molecule is O=C(O)c1csc(-c2ccc(OC(F)C(F)F)nc2)n1. The first kappa shape index (κ1) is 14.3. The van der Waals surface area contributed by atoms with Crippen LogP contribution in [-0.2, 0) is 0 Å². The van der Waals surface area contributed by atoms with Gasteiger partial charge in [0.15, 0.2) is 5.69 Å². The van der Waals surface area contributed by atoms with Crippen molar-refractivity contribution < 1.29 is 27.8 Å². The molecule has 0 aliphatic rings. The summed E-state index contributed by atoms with van der Waals surface area (Å²) in [6.45, 7) is 0. The summed E-state index contributed by atoms with van der Waals surface area (Å²) in [4.78, 5) is 18.2. The molecule has 0 bridgehead atoms. The van der Waals surface area contributed by atoms with E-state index in [9.17, 15) is 18.0 Å². The van der Waals surface area contributed by atoms with Crippen molar-refractivity contribution >= 4 is 17.3 Å². The minimum Gasteiger partial charge on any atom is -0.476 e. The standard InChI is InChI=1S/C11H7F3N2O3S/c12-8(13)9(14)19-7-2-1-5(3-15-7)10-16-6(4-20-10)11(17)18/h1-4,8-9H,(H,17,18). The van der Waals surface area contributed by atoms with Gasteiger partial charge in [-0.3, -0.25) is 0 Å². The number of aromatic nitrogens is 2. The van der Waals surface area contributed by atoms with Crippen LogP contribution in [0.3, 0.4) is 0 Å². The van der Waals surface area contributed by atoms with Crippen molar-refractivity contribution in [3.8, 4) is 16.5 Å². The summed E-state index contributed by atoms with van der Waals surface area (Å²) < 4.78 is 40.8. The van der Waals surface area contributed by atoms with Gasteiger partial charge in [-0.2, -0.15) is 4.39 Å². The Morgan fingerprint density at radius 3 is 2.60 bits per heavy atom. The number of aromatic carboxylic acids is 1. The minimum atomic E-state index is -3.26. The first-order valence-corrected chi connectivity index (χ1v) is 6.09. The van der Waals surface area contributed by atoms with Gasteiger partial charge in [-0.15, -0.1) is 11.3 Å². The smallest absolute Gasteiger partial charge is 0.355 e. The fraction of sp³-hybridized carbons (Fsp3) is 0.182. The summed E-state index contributed by atoms with van der Waals surface area (Å²) in [7, 11) is 0. The number of nitrogens with zero attached hydrogens (tertiary/aromatic N) is 2. The lowest BCUT2D eigenvalue weighted by Crippen LogP contribution is -2.19. The van der Waals surface area contributed by atoms with Crippen LogP contribution >= 0.6 is 11.3 Å². The number of hydrogen-bond donors (Lipinski definition) is 1. The molecule has 106 valence electrons. The summed E-state index contributed by atoms with van der Waals surface area (Å²) in [5, 5.41) is 10.5. The fourth-order valence-electron chi connectivity index (χ4n) is 1.25. The second-order valence-electron chi connectivity index (χ2n) is 3.53. The maximum absolute atomic E-state index is 12.6. The Labute approximate surface area is 114 Å². The average Bonchev–Trinajstić information content (AvgIpc) is 2.89. The fourth-order valence-corrected chi connectivity index (χ4v) is 2.03. The van der Waals surface area contributed by atoms with Crippen LogP contribution in [-0.4, -0.2) is 33.8 Å². The van der Waals surface area contributed by atoms with Gasteiger partial charge in [0.05, 0.1) is 0 Å². The zero-order valence-electron chi connectivity index (χ0n) is 9.66. The second-order valence-corrected chi connectivity index (χ2v) is 4.39. The molecule has 0 aliphatic heterocycles. The molecule has 1 N–H and O–H groups in total. The molecule has 0 spiro atoms. The Bertz CT molecular complexity index is 603. The van der Waals surface area contributed by atoms with Gasteiger partial charge < -0.3 is 9.84 Å². The number of hydrogen-bond acceptors (Lipinski definition) is 5. The average molecular weight is 304 g/mol. The monoisotopic (exact) mass is 304 g/mol. The van der Waals surface area contributed by atoms with E-state index in [0.717, 1.165) is 11.3 Å². The molecule has 2 aromatic rings. The minimum absolute atomic E-state index is 0.105. The third-order valence-corrected chi connectivity index (χ3v) is 3.03. The molecule has 1 atom stereocenters. The molecular formula is C11H7F3N2O3S. The maximum atomic E-state index is 12.6. The van der Waals surface area contributed by atoms with E-state index in [-0.39, 0.29) is 11.6 Å². The number of rotatable bonds is 5. The van der Waals surface area contributed by atoms with E-state index >= 15 is 0 Å². The van der Waals surface area contributed by atoms with Crippen molar-refractivity contribution in [1.29, 1.82) is 0 Å². The zero-order chi connectivity index (χ0) is 14.7. The predicted octanol–water partition coefficient (Wildman–Crippen LogP) is 2.84. The predicted molar refractivity (Wildman–Crippen MR) is 63.8 cm³/mol. The van der Waals surface area contributed by atoms with E-state index in [2.05, 4.69) is 14.7 Å². The molecule has 0 aliphatic carbocycles. The number of alkyl halides is 3. The summed E-state index contributed by atoms with van der Waals surface area (Å²) >= 11 is 1.09. The Hall–Kier alpha value is -2.16. The lowest BCUT2D eigenvalue weighted by Gasteiger charge is -2.09. The van der Waals surface area contributed by atoms with Crippen LogP contribution in [0.5, 0.6) is 5.88 Å². The van der Waals surface area contributed by atoms with Crippen molar-refractivity contribution in [2.45, 2.75) is 12.8 Å². The summed E-state index contributed by atoms with van der Waals surface area (Å²) in [6.07, 6.45) is -4.77. The van der Waals surface area contributed by atoms with Crippen LogP contribution in [0, 0.1) is 0 Å². The number of halogens is 3. The molecule has 0 amide bonds. The first-order chi connectivity index (χ1) is 9.47. The van der Waals surface area contributed by atoms with Crippen molar-refractivity contribution in [1.82, 2.24) is 9.97 Å². The molecule has 2 aromatic heterocycles. The maximum Gasteiger partial charge on any atom is 0.355 e. The number of thiazole rings is 1. The van der Waals surface area contributed by atoms with Crippen LogP contribution < -0.4 is 4.74 Å². The zero-order valence-corrected chi connectivity index (χ0v) is 10.5. The Morgan fingerprint density at radius 2 is 2.10 bits per heavy atom. The molecule has 0 saturated heterocycles. The van der Waals surface area contributed by atoms with Gasteiger partial charge in [0, 0.05) is 23.2 Å². The highest BCUT2D eigenvalue weighted by atomic mass is 32.1.